The van der Waals surface area contributed by atoms with Crippen LogP contribution in [-0.4, -0.2) is 41.6 Å². The Morgan fingerprint density at radius 2 is 1.50 bits per heavy atom. The Kier molecular flexibility index (Phi) is 5.47. The van der Waals surface area contributed by atoms with E-state index in [2.05, 4.69) is 64.9 Å². The number of aromatic nitrogens is 1. The van der Waals surface area contributed by atoms with Crippen molar-refractivity contribution < 1.29 is 4.79 Å². The maximum absolute atomic E-state index is 13.1. The molecule has 4 heteroatoms. The van der Waals surface area contributed by atoms with Gasteiger partial charge < -0.3 is 14.4 Å². The number of piperazine rings is 1. The minimum absolute atomic E-state index is 0.0373. The number of para-hydroxylation sites is 1. The van der Waals surface area contributed by atoms with Crippen LogP contribution in [0.15, 0.2) is 79.1 Å². The topological polar surface area (TPSA) is 28.5 Å². The van der Waals surface area contributed by atoms with E-state index < -0.39 is 0 Å². The predicted molar refractivity (Wildman–Crippen MR) is 114 cm³/mol. The summed E-state index contributed by atoms with van der Waals surface area (Å²) < 4.78 is 2.14. The van der Waals surface area contributed by atoms with Crippen LogP contribution in [0.5, 0.6) is 0 Å². The third kappa shape index (κ3) is 4.11. The molecule has 2 heterocycles. The first kappa shape index (κ1) is 18.4. The number of carbonyl (C=O) groups is 1. The lowest BCUT2D eigenvalue weighted by Gasteiger charge is -2.36. The summed E-state index contributed by atoms with van der Waals surface area (Å²) in [6, 6.07) is 23.0. The van der Waals surface area contributed by atoms with E-state index in [-0.39, 0.29) is 11.9 Å². The highest BCUT2D eigenvalue weighted by atomic mass is 16.2. The van der Waals surface area contributed by atoms with Gasteiger partial charge in [0.25, 0.3) is 0 Å². The molecule has 0 spiro atoms. The summed E-state index contributed by atoms with van der Waals surface area (Å²) in [5.74, 6) is 0.229. The molecule has 0 unspecified atom stereocenters. The van der Waals surface area contributed by atoms with E-state index in [0.29, 0.717) is 6.42 Å². The molecule has 1 aromatic heterocycles. The summed E-state index contributed by atoms with van der Waals surface area (Å²) in [6.07, 6.45) is 4.58. The fourth-order valence-corrected chi connectivity index (χ4v) is 3.89. The van der Waals surface area contributed by atoms with E-state index in [1.54, 1.807) is 0 Å². The fourth-order valence-electron chi connectivity index (χ4n) is 3.89. The first-order valence-electron chi connectivity index (χ1n) is 9.97. The number of hydrogen-bond acceptors (Lipinski definition) is 2. The summed E-state index contributed by atoms with van der Waals surface area (Å²) in [7, 11) is 0. The van der Waals surface area contributed by atoms with Crippen molar-refractivity contribution in [1.29, 1.82) is 0 Å². The van der Waals surface area contributed by atoms with E-state index in [1.807, 2.05) is 35.5 Å². The minimum Gasteiger partial charge on any atom is -0.368 e. The van der Waals surface area contributed by atoms with Gasteiger partial charge in [-0.15, -0.1) is 0 Å². The van der Waals surface area contributed by atoms with Crippen molar-refractivity contribution in [3.05, 3.63) is 90.3 Å². The molecule has 1 fully saturated rings. The quantitative estimate of drug-likeness (QED) is 0.673. The molecule has 0 aliphatic carbocycles. The number of nitrogens with zero attached hydrogens (tertiary/aromatic N) is 3. The molecule has 1 amide bonds. The molecule has 144 valence electrons. The Bertz CT molecular complexity index is 879. The van der Waals surface area contributed by atoms with Gasteiger partial charge in [-0.2, -0.15) is 0 Å². The fraction of sp³-hybridized carbons (Fsp3) is 0.292. The zero-order valence-corrected chi connectivity index (χ0v) is 16.4. The Hall–Kier alpha value is -3.01. The van der Waals surface area contributed by atoms with Crippen LogP contribution in [0.2, 0.25) is 0 Å². The molecule has 1 atom stereocenters. The molecule has 4 nitrogen and oxygen atoms in total. The van der Waals surface area contributed by atoms with Crippen LogP contribution >= 0.6 is 0 Å². The van der Waals surface area contributed by atoms with Gasteiger partial charge in [-0.25, -0.2) is 0 Å². The van der Waals surface area contributed by atoms with Crippen LogP contribution in [-0.2, 0) is 4.79 Å². The number of hydrogen-bond donors (Lipinski definition) is 0. The van der Waals surface area contributed by atoms with Crippen molar-refractivity contribution in [2.24, 2.45) is 0 Å². The second-order valence-corrected chi connectivity index (χ2v) is 7.46. The highest BCUT2D eigenvalue weighted by molar-refractivity contribution is 5.77. The van der Waals surface area contributed by atoms with Gasteiger partial charge in [0.05, 0.1) is 12.5 Å². The molecule has 0 saturated carbocycles. The summed E-state index contributed by atoms with van der Waals surface area (Å²) in [5, 5.41) is 0. The van der Waals surface area contributed by atoms with Crippen LogP contribution < -0.4 is 4.90 Å². The lowest BCUT2D eigenvalue weighted by atomic mass is 10.0. The van der Waals surface area contributed by atoms with Crippen molar-refractivity contribution in [2.75, 3.05) is 31.1 Å². The standard InChI is InChI=1S/C24H27N3O/c1-20-9-11-21(12-10-20)23(26-13-5-6-14-26)19-24(28)27-17-15-25(16-18-27)22-7-3-2-4-8-22/h2-14,23H,15-19H2,1H3/t23-/m1/s1. The first-order valence-corrected chi connectivity index (χ1v) is 9.97. The molecule has 0 radical (unpaired) electrons. The number of anilines is 1. The molecule has 2 aromatic carbocycles. The van der Waals surface area contributed by atoms with Gasteiger partial charge in [-0.3, -0.25) is 4.79 Å². The minimum atomic E-state index is 0.0373. The van der Waals surface area contributed by atoms with Crippen LogP contribution in [0.3, 0.4) is 0 Å². The third-order valence-electron chi connectivity index (χ3n) is 5.57. The zero-order valence-electron chi connectivity index (χ0n) is 16.4. The predicted octanol–water partition coefficient (Wildman–Crippen LogP) is 4.12. The third-order valence-corrected chi connectivity index (χ3v) is 5.57. The Labute approximate surface area is 167 Å². The molecule has 3 aromatic rings. The number of aryl methyl sites for hydroxylation is 1. The number of carbonyl (C=O) groups excluding carboxylic acids is 1. The largest absolute Gasteiger partial charge is 0.368 e. The highest BCUT2D eigenvalue weighted by Crippen LogP contribution is 2.24. The van der Waals surface area contributed by atoms with Crippen LogP contribution in [0.25, 0.3) is 0 Å². The highest BCUT2D eigenvalue weighted by Gasteiger charge is 2.25. The monoisotopic (exact) mass is 373 g/mol. The molecule has 0 N–H and O–H groups in total. The number of benzene rings is 2. The van der Waals surface area contributed by atoms with E-state index in [1.165, 1.54) is 16.8 Å². The van der Waals surface area contributed by atoms with Gasteiger partial charge in [0.1, 0.15) is 0 Å². The molecule has 4 rings (SSSR count). The maximum atomic E-state index is 13.1. The van der Waals surface area contributed by atoms with Crippen molar-refractivity contribution >= 4 is 11.6 Å². The van der Waals surface area contributed by atoms with Crippen molar-refractivity contribution in [2.45, 2.75) is 19.4 Å². The molecule has 0 bridgehead atoms. The lowest BCUT2D eigenvalue weighted by Crippen LogP contribution is -2.49. The second kappa shape index (κ2) is 8.34. The summed E-state index contributed by atoms with van der Waals surface area (Å²) >= 11 is 0. The van der Waals surface area contributed by atoms with Crippen molar-refractivity contribution in [3.63, 3.8) is 0 Å². The Morgan fingerprint density at radius 1 is 0.857 bits per heavy atom. The van der Waals surface area contributed by atoms with Gasteiger partial charge in [0, 0.05) is 44.3 Å². The number of amides is 1. The average molecular weight is 374 g/mol. The van der Waals surface area contributed by atoms with E-state index in [4.69, 9.17) is 0 Å². The summed E-state index contributed by atoms with van der Waals surface area (Å²) in [4.78, 5) is 17.5. The summed E-state index contributed by atoms with van der Waals surface area (Å²) in [5.41, 5.74) is 3.65. The van der Waals surface area contributed by atoms with Gasteiger partial charge in [0.2, 0.25) is 5.91 Å². The smallest absolute Gasteiger partial charge is 0.225 e. The zero-order chi connectivity index (χ0) is 19.3. The van der Waals surface area contributed by atoms with Gasteiger partial charge >= 0.3 is 0 Å². The Balaban J connectivity index is 1.43. The summed E-state index contributed by atoms with van der Waals surface area (Å²) in [6.45, 7) is 5.41. The average Bonchev–Trinajstić information content (AvgIpc) is 3.28. The molecule has 1 aliphatic heterocycles. The molecular formula is C24H27N3O. The maximum Gasteiger partial charge on any atom is 0.225 e. The lowest BCUT2D eigenvalue weighted by molar-refractivity contribution is -0.132. The van der Waals surface area contributed by atoms with Crippen molar-refractivity contribution in [3.8, 4) is 0 Å². The van der Waals surface area contributed by atoms with Gasteiger partial charge in [-0.1, -0.05) is 48.0 Å². The van der Waals surface area contributed by atoms with Gasteiger partial charge in [0.15, 0.2) is 0 Å². The van der Waals surface area contributed by atoms with E-state index in [0.717, 1.165) is 26.2 Å². The SMILES string of the molecule is Cc1ccc([C@@H](CC(=O)N2CCN(c3ccccc3)CC2)n2cccc2)cc1. The van der Waals surface area contributed by atoms with Gasteiger partial charge in [-0.05, 0) is 36.8 Å². The normalized spacial score (nSPS) is 15.5. The van der Waals surface area contributed by atoms with Crippen LogP contribution in [0.1, 0.15) is 23.6 Å². The first-order chi connectivity index (χ1) is 13.7. The Morgan fingerprint density at radius 3 is 2.14 bits per heavy atom. The molecular weight excluding hydrogens is 346 g/mol. The second-order valence-electron chi connectivity index (χ2n) is 7.46. The van der Waals surface area contributed by atoms with Crippen LogP contribution in [0, 0.1) is 6.92 Å². The molecule has 1 aliphatic rings. The number of rotatable bonds is 5. The molecule has 28 heavy (non-hydrogen) atoms. The molecule has 1 saturated heterocycles. The van der Waals surface area contributed by atoms with Crippen molar-refractivity contribution in [1.82, 2.24) is 9.47 Å². The van der Waals surface area contributed by atoms with Crippen LogP contribution in [0.4, 0.5) is 5.69 Å². The van der Waals surface area contributed by atoms with E-state index in [9.17, 15) is 4.79 Å². The van der Waals surface area contributed by atoms with E-state index >= 15 is 0 Å².